The molecule has 1 aromatic rings. The van der Waals surface area contributed by atoms with Crippen molar-refractivity contribution in [2.45, 2.75) is 19.4 Å². The predicted octanol–water partition coefficient (Wildman–Crippen LogP) is 2.71. The van der Waals surface area contributed by atoms with Gasteiger partial charge in [0.25, 0.3) is 0 Å². The van der Waals surface area contributed by atoms with Crippen LogP contribution in [0.4, 0.5) is 4.79 Å². The average molecular weight is 385 g/mol. The van der Waals surface area contributed by atoms with Crippen molar-refractivity contribution in [3.8, 4) is 11.5 Å². The summed E-state index contributed by atoms with van der Waals surface area (Å²) in [5.74, 6) is 1.45. The van der Waals surface area contributed by atoms with Gasteiger partial charge in [-0.05, 0) is 31.0 Å². The number of fused-ring (bicyclic) bond motifs is 1. The number of rotatable bonds is 2. The minimum absolute atomic E-state index is 0.0650. The number of nitrogens with zero attached hydrogens (tertiary/aromatic N) is 1. The molecular weight excluding hydrogens is 364 g/mol. The summed E-state index contributed by atoms with van der Waals surface area (Å²) < 4.78 is 17.5. The maximum atomic E-state index is 12.4. The van der Waals surface area contributed by atoms with E-state index in [2.05, 4.69) is 21.2 Å². The fraction of sp³-hybridized carbons (Fsp3) is 0.562. The Balaban J connectivity index is 1.70. The van der Waals surface area contributed by atoms with Gasteiger partial charge in [0.05, 0.1) is 12.6 Å². The summed E-state index contributed by atoms with van der Waals surface area (Å²) in [4.78, 5) is 14.2. The molecule has 7 heteroatoms. The Morgan fingerprint density at radius 3 is 2.70 bits per heavy atom. The van der Waals surface area contributed by atoms with Gasteiger partial charge in [-0.3, -0.25) is 0 Å². The van der Waals surface area contributed by atoms with Gasteiger partial charge in [-0.2, -0.15) is 0 Å². The third-order valence-electron chi connectivity index (χ3n) is 3.98. The van der Waals surface area contributed by atoms with E-state index in [4.69, 9.17) is 14.2 Å². The van der Waals surface area contributed by atoms with Crippen LogP contribution in [0.2, 0.25) is 0 Å². The quantitative estimate of drug-likeness (QED) is 0.851. The van der Waals surface area contributed by atoms with E-state index in [9.17, 15) is 4.79 Å². The highest BCUT2D eigenvalue weighted by atomic mass is 79.9. The number of benzene rings is 1. The Morgan fingerprint density at radius 1 is 1.17 bits per heavy atom. The molecule has 1 saturated heterocycles. The van der Waals surface area contributed by atoms with Gasteiger partial charge in [-0.15, -0.1) is 0 Å². The number of hydrogen-bond donors (Lipinski definition) is 1. The van der Waals surface area contributed by atoms with Crippen LogP contribution in [0.3, 0.4) is 0 Å². The van der Waals surface area contributed by atoms with Crippen molar-refractivity contribution >= 4 is 22.0 Å². The van der Waals surface area contributed by atoms with Crippen LogP contribution in [0, 0.1) is 0 Å². The molecule has 1 atom stereocenters. The van der Waals surface area contributed by atoms with Crippen LogP contribution < -0.4 is 14.8 Å². The maximum absolute atomic E-state index is 12.4. The van der Waals surface area contributed by atoms with Gasteiger partial charge < -0.3 is 24.4 Å². The number of amides is 2. The zero-order valence-electron chi connectivity index (χ0n) is 13.1. The van der Waals surface area contributed by atoms with E-state index < -0.39 is 0 Å². The SMILES string of the molecule is CC(NC(=O)N1CCCOCC1)c1cc2c(cc1Br)OCCO2. The number of hydrogen-bond acceptors (Lipinski definition) is 4. The van der Waals surface area contributed by atoms with Crippen LogP contribution in [0.1, 0.15) is 24.9 Å². The third kappa shape index (κ3) is 3.90. The Bertz CT molecular complexity index is 573. The van der Waals surface area contributed by atoms with Crippen LogP contribution in [0.15, 0.2) is 16.6 Å². The normalized spacial score (nSPS) is 19.0. The standard InChI is InChI=1S/C16H21BrN2O4/c1-11(18-16(20)19-3-2-5-21-6-4-19)12-9-14-15(10-13(12)17)23-8-7-22-14/h9-11H,2-8H2,1H3,(H,18,20). The van der Waals surface area contributed by atoms with E-state index in [1.807, 2.05) is 19.1 Å². The first kappa shape index (κ1) is 16.4. The van der Waals surface area contributed by atoms with Crippen molar-refractivity contribution in [2.24, 2.45) is 0 Å². The minimum Gasteiger partial charge on any atom is -0.486 e. The van der Waals surface area contributed by atoms with Crippen LogP contribution in [-0.4, -0.2) is 50.4 Å². The molecule has 2 aliphatic rings. The zero-order chi connectivity index (χ0) is 16.2. The van der Waals surface area contributed by atoms with Gasteiger partial charge in [0.15, 0.2) is 11.5 Å². The van der Waals surface area contributed by atoms with Crippen LogP contribution in [-0.2, 0) is 4.74 Å². The Hall–Kier alpha value is -1.47. The monoisotopic (exact) mass is 384 g/mol. The van der Waals surface area contributed by atoms with Crippen molar-refractivity contribution < 1.29 is 19.0 Å². The number of carbonyl (C=O) groups is 1. The molecule has 2 amide bonds. The smallest absolute Gasteiger partial charge is 0.317 e. The molecule has 0 aromatic heterocycles. The molecule has 0 bridgehead atoms. The number of nitrogens with one attached hydrogen (secondary N) is 1. The van der Waals surface area contributed by atoms with E-state index in [1.165, 1.54) is 0 Å². The molecular formula is C16H21BrN2O4. The van der Waals surface area contributed by atoms with E-state index in [0.717, 1.165) is 34.5 Å². The summed E-state index contributed by atoms with van der Waals surface area (Å²) in [5.41, 5.74) is 0.966. The predicted molar refractivity (Wildman–Crippen MR) is 89.1 cm³/mol. The molecule has 0 spiro atoms. The van der Waals surface area contributed by atoms with Crippen LogP contribution >= 0.6 is 15.9 Å². The van der Waals surface area contributed by atoms with E-state index in [-0.39, 0.29) is 12.1 Å². The lowest BCUT2D eigenvalue weighted by Gasteiger charge is -2.25. The fourth-order valence-corrected chi connectivity index (χ4v) is 3.38. The van der Waals surface area contributed by atoms with Crippen LogP contribution in [0.25, 0.3) is 0 Å². The molecule has 23 heavy (non-hydrogen) atoms. The van der Waals surface area contributed by atoms with E-state index >= 15 is 0 Å². The van der Waals surface area contributed by atoms with Gasteiger partial charge in [-0.25, -0.2) is 4.79 Å². The lowest BCUT2D eigenvalue weighted by atomic mass is 10.1. The van der Waals surface area contributed by atoms with Gasteiger partial charge in [0, 0.05) is 24.2 Å². The molecule has 6 nitrogen and oxygen atoms in total. The lowest BCUT2D eigenvalue weighted by Crippen LogP contribution is -2.42. The second kappa shape index (κ2) is 7.40. The number of urea groups is 1. The summed E-state index contributed by atoms with van der Waals surface area (Å²) in [6.45, 7) is 5.72. The molecule has 126 valence electrons. The third-order valence-corrected chi connectivity index (χ3v) is 4.66. The molecule has 0 radical (unpaired) electrons. The summed E-state index contributed by atoms with van der Waals surface area (Å²) in [7, 11) is 0. The lowest BCUT2D eigenvalue weighted by molar-refractivity contribution is 0.142. The number of carbonyl (C=O) groups excluding carboxylic acids is 1. The van der Waals surface area contributed by atoms with Crippen molar-refractivity contribution in [2.75, 3.05) is 39.5 Å². The fourth-order valence-electron chi connectivity index (χ4n) is 2.71. The van der Waals surface area contributed by atoms with Crippen molar-refractivity contribution in [3.63, 3.8) is 0 Å². The summed E-state index contributed by atoms with van der Waals surface area (Å²) >= 11 is 3.55. The minimum atomic E-state index is -0.142. The van der Waals surface area contributed by atoms with Gasteiger partial charge in [0.1, 0.15) is 13.2 Å². The van der Waals surface area contributed by atoms with E-state index in [0.29, 0.717) is 33.0 Å². The van der Waals surface area contributed by atoms with Gasteiger partial charge in [0.2, 0.25) is 0 Å². The molecule has 2 aliphatic heterocycles. The second-order valence-corrected chi connectivity index (χ2v) is 6.50. The highest BCUT2D eigenvalue weighted by Gasteiger charge is 2.22. The Labute approximate surface area is 144 Å². The number of halogens is 1. The largest absolute Gasteiger partial charge is 0.486 e. The number of ether oxygens (including phenoxy) is 3. The van der Waals surface area contributed by atoms with E-state index in [1.54, 1.807) is 4.90 Å². The zero-order valence-corrected chi connectivity index (χ0v) is 14.7. The second-order valence-electron chi connectivity index (χ2n) is 5.64. The Morgan fingerprint density at radius 2 is 1.91 bits per heavy atom. The average Bonchev–Trinajstić information content (AvgIpc) is 2.83. The molecule has 3 rings (SSSR count). The molecule has 1 fully saturated rings. The van der Waals surface area contributed by atoms with Crippen molar-refractivity contribution in [3.05, 3.63) is 22.2 Å². The topological polar surface area (TPSA) is 60.0 Å². The molecule has 1 aromatic carbocycles. The Kier molecular flexibility index (Phi) is 5.27. The first-order valence-corrected chi connectivity index (χ1v) is 8.66. The summed E-state index contributed by atoms with van der Waals surface area (Å²) in [6, 6.07) is 3.61. The molecule has 1 N–H and O–H groups in total. The molecule has 2 heterocycles. The maximum Gasteiger partial charge on any atom is 0.317 e. The summed E-state index contributed by atoms with van der Waals surface area (Å²) in [6.07, 6.45) is 0.871. The molecule has 0 aliphatic carbocycles. The van der Waals surface area contributed by atoms with Gasteiger partial charge in [-0.1, -0.05) is 15.9 Å². The first-order chi connectivity index (χ1) is 11.1. The highest BCUT2D eigenvalue weighted by Crippen LogP contribution is 2.37. The summed E-state index contributed by atoms with van der Waals surface area (Å²) in [5, 5.41) is 3.05. The molecule has 0 saturated carbocycles. The van der Waals surface area contributed by atoms with Crippen LogP contribution in [0.5, 0.6) is 11.5 Å². The van der Waals surface area contributed by atoms with Crippen molar-refractivity contribution in [1.29, 1.82) is 0 Å². The molecule has 1 unspecified atom stereocenters. The van der Waals surface area contributed by atoms with Crippen molar-refractivity contribution in [1.82, 2.24) is 10.2 Å². The first-order valence-electron chi connectivity index (χ1n) is 7.87. The van der Waals surface area contributed by atoms with Gasteiger partial charge >= 0.3 is 6.03 Å². The highest BCUT2D eigenvalue weighted by molar-refractivity contribution is 9.10.